The molecule has 0 aliphatic carbocycles. The molecule has 0 saturated carbocycles. The van der Waals surface area contributed by atoms with Crippen LogP contribution in [0.25, 0.3) is 5.82 Å². The molecule has 3 aromatic rings. The second kappa shape index (κ2) is 9.51. The Hall–Kier alpha value is -3.34. The standard InChI is InChI=1S/C26H30ClN7O3/c1-14(2)28-9-17(15-5-7-16(27)8-6-15)24(36)33-11-19-18(20(33)12-35)10-34(32-19)23-21-22(29-13-30-23)31-25(37)26(21,3)4/h5-8,10,13-14,17,20,28,35H,9,11-12H2,1-4H3,(H,29,30,31,37)/t17?,20-/m1/s1. The molecule has 10 nitrogen and oxygen atoms in total. The Morgan fingerprint density at radius 3 is 2.68 bits per heavy atom. The van der Waals surface area contributed by atoms with Gasteiger partial charge in [0.2, 0.25) is 11.8 Å². The molecule has 11 heteroatoms. The van der Waals surface area contributed by atoms with Crippen molar-refractivity contribution < 1.29 is 14.7 Å². The molecule has 1 unspecified atom stereocenters. The van der Waals surface area contributed by atoms with E-state index >= 15 is 0 Å². The molecule has 37 heavy (non-hydrogen) atoms. The van der Waals surface area contributed by atoms with Gasteiger partial charge in [-0.2, -0.15) is 5.10 Å². The fourth-order valence-electron chi connectivity index (χ4n) is 4.99. The summed E-state index contributed by atoms with van der Waals surface area (Å²) in [6.07, 6.45) is 3.18. The van der Waals surface area contributed by atoms with E-state index in [-0.39, 0.29) is 31.0 Å². The number of halogens is 1. The van der Waals surface area contributed by atoms with Gasteiger partial charge < -0.3 is 20.6 Å². The van der Waals surface area contributed by atoms with Gasteiger partial charge in [-0.3, -0.25) is 9.59 Å². The molecule has 0 fully saturated rings. The van der Waals surface area contributed by atoms with Crippen LogP contribution in [0.2, 0.25) is 5.02 Å². The highest BCUT2D eigenvalue weighted by Gasteiger charge is 2.44. The number of rotatable bonds is 7. The molecule has 5 rings (SSSR count). The normalized spacial score (nSPS) is 18.6. The molecular weight excluding hydrogens is 494 g/mol. The van der Waals surface area contributed by atoms with Gasteiger partial charge in [-0.15, -0.1) is 0 Å². The minimum Gasteiger partial charge on any atom is -0.394 e. The second-order valence-corrected chi connectivity index (χ2v) is 10.7. The minimum absolute atomic E-state index is 0.0991. The van der Waals surface area contributed by atoms with Crippen molar-refractivity contribution in [1.29, 1.82) is 0 Å². The lowest BCUT2D eigenvalue weighted by Gasteiger charge is -2.29. The number of aromatic nitrogens is 4. The van der Waals surface area contributed by atoms with Crippen LogP contribution >= 0.6 is 11.6 Å². The van der Waals surface area contributed by atoms with E-state index in [0.29, 0.717) is 34.5 Å². The molecule has 3 N–H and O–H groups in total. The Kier molecular flexibility index (Phi) is 6.51. The summed E-state index contributed by atoms with van der Waals surface area (Å²) in [6.45, 7) is 8.15. The van der Waals surface area contributed by atoms with Gasteiger partial charge in [0, 0.05) is 29.4 Å². The number of amides is 2. The van der Waals surface area contributed by atoms with Gasteiger partial charge in [0.1, 0.15) is 12.1 Å². The first-order chi connectivity index (χ1) is 17.6. The summed E-state index contributed by atoms with van der Waals surface area (Å²) in [5.41, 5.74) is 2.13. The third-order valence-electron chi connectivity index (χ3n) is 7.10. The predicted octanol–water partition coefficient (Wildman–Crippen LogP) is 2.70. The van der Waals surface area contributed by atoms with Crippen LogP contribution < -0.4 is 10.6 Å². The highest BCUT2D eigenvalue weighted by molar-refractivity contribution is 6.30. The van der Waals surface area contributed by atoms with Crippen LogP contribution in [-0.4, -0.2) is 60.8 Å². The summed E-state index contributed by atoms with van der Waals surface area (Å²) >= 11 is 6.08. The zero-order valence-corrected chi connectivity index (χ0v) is 22.0. The molecule has 2 aliphatic rings. The van der Waals surface area contributed by atoms with Crippen LogP contribution in [0.15, 0.2) is 36.8 Å². The number of nitrogens with one attached hydrogen (secondary N) is 2. The summed E-state index contributed by atoms with van der Waals surface area (Å²) in [7, 11) is 0. The average Bonchev–Trinajstić information content (AvgIpc) is 3.49. The first kappa shape index (κ1) is 25.3. The lowest BCUT2D eigenvalue weighted by Crippen LogP contribution is -2.40. The fraction of sp³-hybridized carbons (Fsp3) is 0.423. The lowest BCUT2D eigenvalue weighted by atomic mass is 9.87. The third-order valence-corrected chi connectivity index (χ3v) is 7.36. The maximum atomic E-state index is 13.8. The van der Waals surface area contributed by atoms with Gasteiger partial charge in [-0.1, -0.05) is 37.6 Å². The van der Waals surface area contributed by atoms with E-state index in [2.05, 4.69) is 20.6 Å². The van der Waals surface area contributed by atoms with E-state index in [4.69, 9.17) is 16.7 Å². The van der Waals surface area contributed by atoms with Crippen molar-refractivity contribution in [3.63, 3.8) is 0 Å². The average molecular weight is 524 g/mol. The molecule has 0 radical (unpaired) electrons. The zero-order chi connectivity index (χ0) is 26.5. The Labute approximate surface area is 220 Å². The Bertz CT molecular complexity index is 1350. The number of carbonyl (C=O) groups is 2. The van der Waals surface area contributed by atoms with Gasteiger partial charge in [0.05, 0.1) is 41.8 Å². The summed E-state index contributed by atoms with van der Waals surface area (Å²) in [5, 5.41) is 21.8. The number of aliphatic hydroxyl groups is 1. The summed E-state index contributed by atoms with van der Waals surface area (Å²) < 4.78 is 1.62. The monoisotopic (exact) mass is 523 g/mol. The molecular formula is C26H30ClN7O3. The highest BCUT2D eigenvalue weighted by Crippen LogP contribution is 2.40. The quantitative estimate of drug-likeness (QED) is 0.434. The van der Waals surface area contributed by atoms with Crippen molar-refractivity contribution in [2.45, 2.75) is 57.7 Å². The predicted molar refractivity (Wildman–Crippen MR) is 139 cm³/mol. The number of anilines is 1. The molecule has 2 aliphatic heterocycles. The summed E-state index contributed by atoms with van der Waals surface area (Å²) in [6, 6.07) is 6.94. The van der Waals surface area contributed by atoms with Gasteiger partial charge >= 0.3 is 0 Å². The van der Waals surface area contributed by atoms with E-state index in [1.807, 2.05) is 39.8 Å². The summed E-state index contributed by atoms with van der Waals surface area (Å²) in [5.74, 6) is 0.259. The molecule has 2 atom stereocenters. The number of nitrogens with zero attached hydrogens (tertiary/aromatic N) is 5. The van der Waals surface area contributed by atoms with Gasteiger partial charge in [0.15, 0.2) is 5.82 Å². The Balaban J connectivity index is 1.46. The number of fused-ring (bicyclic) bond motifs is 2. The molecule has 0 spiro atoms. The second-order valence-electron chi connectivity index (χ2n) is 10.3. The number of carbonyl (C=O) groups excluding carboxylic acids is 2. The van der Waals surface area contributed by atoms with Crippen molar-refractivity contribution in [2.75, 3.05) is 18.5 Å². The van der Waals surface area contributed by atoms with Gasteiger partial charge in [-0.25, -0.2) is 14.6 Å². The largest absolute Gasteiger partial charge is 0.394 e. The van der Waals surface area contributed by atoms with E-state index in [9.17, 15) is 14.7 Å². The van der Waals surface area contributed by atoms with E-state index < -0.39 is 17.4 Å². The molecule has 0 bridgehead atoms. The summed E-state index contributed by atoms with van der Waals surface area (Å²) in [4.78, 5) is 36.7. The van der Waals surface area contributed by atoms with Crippen LogP contribution in [0.4, 0.5) is 5.82 Å². The van der Waals surface area contributed by atoms with Crippen LogP contribution in [0.5, 0.6) is 0 Å². The van der Waals surface area contributed by atoms with E-state index in [0.717, 1.165) is 11.1 Å². The van der Waals surface area contributed by atoms with E-state index in [1.54, 1.807) is 27.9 Å². The van der Waals surface area contributed by atoms with Crippen molar-refractivity contribution >= 4 is 29.2 Å². The van der Waals surface area contributed by atoms with Crippen LogP contribution in [0.3, 0.4) is 0 Å². The van der Waals surface area contributed by atoms with Crippen molar-refractivity contribution in [1.82, 2.24) is 30.0 Å². The number of benzene rings is 1. The smallest absolute Gasteiger partial charge is 0.235 e. The first-order valence-electron chi connectivity index (χ1n) is 12.3. The highest BCUT2D eigenvalue weighted by atomic mass is 35.5. The van der Waals surface area contributed by atoms with Gasteiger partial charge in [-0.05, 0) is 31.5 Å². The van der Waals surface area contributed by atoms with Gasteiger partial charge in [0.25, 0.3) is 0 Å². The Morgan fingerprint density at radius 2 is 2.00 bits per heavy atom. The first-order valence-corrected chi connectivity index (χ1v) is 12.7. The number of hydrogen-bond donors (Lipinski definition) is 3. The van der Waals surface area contributed by atoms with E-state index in [1.165, 1.54) is 6.33 Å². The SMILES string of the molecule is CC(C)NCC(C(=O)N1Cc2nn(-c3ncnc4c3C(C)(C)C(=O)N4)cc2[C@H]1CO)c1ccc(Cl)cc1. The van der Waals surface area contributed by atoms with Crippen LogP contribution in [0, 0.1) is 0 Å². The maximum Gasteiger partial charge on any atom is 0.235 e. The molecule has 2 aromatic heterocycles. The molecule has 2 amide bonds. The molecule has 1 aromatic carbocycles. The molecule has 4 heterocycles. The zero-order valence-electron chi connectivity index (χ0n) is 21.2. The van der Waals surface area contributed by atoms with Crippen molar-refractivity contribution in [2.24, 2.45) is 0 Å². The lowest BCUT2D eigenvalue weighted by molar-refractivity contribution is -0.136. The minimum atomic E-state index is -0.823. The van der Waals surface area contributed by atoms with Crippen molar-refractivity contribution in [3.8, 4) is 5.82 Å². The topological polar surface area (TPSA) is 125 Å². The number of aliphatic hydroxyl groups excluding tert-OH is 1. The molecule has 194 valence electrons. The third kappa shape index (κ3) is 4.39. The molecule has 0 saturated heterocycles. The maximum absolute atomic E-state index is 13.8. The van der Waals surface area contributed by atoms with Crippen LogP contribution in [-0.2, 0) is 21.5 Å². The van der Waals surface area contributed by atoms with Crippen LogP contribution in [0.1, 0.15) is 62.0 Å². The van der Waals surface area contributed by atoms with Crippen molar-refractivity contribution in [3.05, 3.63) is 64.2 Å². The number of hydrogen-bond acceptors (Lipinski definition) is 7. The Morgan fingerprint density at radius 1 is 1.27 bits per heavy atom. The fourth-order valence-corrected chi connectivity index (χ4v) is 5.12.